The molecule has 0 spiro atoms. The van der Waals surface area contributed by atoms with Gasteiger partial charge in [0.2, 0.25) is 0 Å². The van der Waals surface area contributed by atoms with E-state index in [1.54, 1.807) is 12.1 Å². The van der Waals surface area contributed by atoms with E-state index in [2.05, 4.69) is 36.3 Å². The first kappa shape index (κ1) is 21.5. The average Bonchev–Trinajstić information content (AvgIpc) is 2.76. The monoisotopic (exact) mass is 437 g/mol. The topological polar surface area (TPSA) is 12.4 Å². The standard InChI is InChI=1S/C26H22F3NS/c1-2-3-16-4-5-18-11-19(7-6-17(18)10-16)20-8-9-22(23(27)12-20)21-13-24(28)26(30-15-31)25(29)14-21/h6-9,11-14,16H,2-5,10H2,1H3. The molecule has 1 unspecified atom stereocenters. The first-order valence-electron chi connectivity index (χ1n) is 10.5. The molecule has 0 fully saturated rings. The highest BCUT2D eigenvalue weighted by molar-refractivity contribution is 7.78. The minimum Gasteiger partial charge on any atom is -0.206 e. The molecule has 3 aromatic carbocycles. The Morgan fingerprint density at radius 2 is 1.58 bits per heavy atom. The summed E-state index contributed by atoms with van der Waals surface area (Å²) in [6, 6.07) is 13.2. The van der Waals surface area contributed by atoms with Crippen LogP contribution in [0.25, 0.3) is 22.3 Å². The molecule has 0 amide bonds. The Morgan fingerprint density at radius 3 is 2.26 bits per heavy atom. The second-order valence-corrected chi connectivity index (χ2v) is 8.25. The third-order valence-corrected chi connectivity index (χ3v) is 6.11. The Kier molecular flexibility index (Phi) is 6.35. The maximum absolute atomic E-state index is 14.9. The van der Waals surface area contributed by atoms with Gasteiger partial charge in [0.1, 0.15) is 11.5 Å². The lowest BCUT2D eigenvalue weighted by Gasteiger charge is -2.25. The molecule has 0 aliphatic heterocycles. The maximum Gasteiger partial charge on any atom is 0.153 e. The molecule has 5 heteroatoms. The van der Waals surface area contributed by atoms with Crippen LogP contribution >= 0.6 is 12.2 Å². The zero-order valence-electron chi connectivity index (χ0n) is 17.2. The molecule has 0 N–H and O–H groups in total. The number of rotatable bonds is 5. The summed E-state index contributed by atoms with van der Waals surface area (Å²) in [4.78, 5) is 3.39. The number of thiocarbonyl (C=S) groups is 1. The average molecular weight is 438 g/mol. The maximum atomic E-state index is 14.9. The van der Waals surface area contributed by atoms with Crippen molar-refractivity contribution in [3.63, 3.8) is 0 Å². The lowest BCUT2D eigenvalue weighted by Crippen LogP contribution is -2.14. The fourth-order valence-corrected chi connectivity index (χ4v) is 4.56. The van der Waals surface area contributed by atoms with Crippen LogP contribution < -0.4 is 0 Å². The van der Waals surface area contributed by atoms with E-state index in [1.165, 1.54) is 36.5 Å². The van der Waals surface area contributed by atoms with E-state index in [0.29, 0.717) is 0 Å². The van der Waals surface area contributed by atoms with Gasteiger partial charge in [-0.3, -0.25) is 0 Å². The van der Waals surface area contributed by atoms with Crippen LogP contribution in [0.5, 0.6) is 0 Å². The molecule has 4 rings (SSSR count). The van der Waals surface area contributed by atoms with Gasteiger partial charge in [-0.2, -0.15) is 4.99 Å². The van der Waals surface area contributed by atoms with Crippen molar-refractivity contribution in [2.24, 2.45) is 10.9 Å². The summed E-state index contributed by atoms with van der Waals surface area (Å²) in [6.07, 6.45) is 5.81. The zero-order valence-corrected chi connectivity index (χ0v) is 18.0. The Bertz CT molecular complexity index is 1160. The fourth-order valence-electron chi connectivity index (χ4n) is 4.47. The van der Waals surface area contributed by atoms with Crippen molar-refractivity contribution in [2.45, 2.75) is 39.0 Å². The van der Waals surface area contributed by atoms with Crippen molar-refractivity contribution in [3.05, 3.63) is 77.1 Å². The van der Waals surface area contributed by atoms with Gasteiger partial charge in [-0.25, -0.2) is 13.2 Å². The first-order valence-corrected chi connectivity index (χ1v) is 10.9. The number of aryl methyl sites for hydroxylation is 1. The number of nitrogens with zero attached hydrogens (tertiary/aromatic N) is 1. The van der Waals surface area contributed by atoms with Crippen molar-refractivity contribution in [1.29, 1.82) is 0 Å². The summed E-state index contributed by atoms with van der Waals surface area (Å²) in [7, 11) is 0. The molecule has 31 heavy (non-hydrogen) atoms. The molecule has 0 heterocycles. The summed E-state index contributed by atoms with van der Waals surface area (Å²) < 4.78 is 43.2. The van der Waals surface area contributed by atoms with Gasteiger partial charge < -0.3 is 0 Å². The number of hydrogen-bond acceptors (Lipinski definition) is 2. The largest absolute Gasteiger partial charge is 0.206 e. The Morgan fingerprint density at radius 1 is 0.903 bits per heavy atom. The Hall–Kier alpha value is -2.75. The van der Waals surface area contributed by atoms with Crippen LogP contribution in [-0.2, 0) is 12.8 Å². The van der Waals surface area contributed by atoms with E-state index in [4.69, 9.17) is 0 Å². The molecular weight excluding hydrogens is 415 g/mol. The van der Waals surface area contributed by atoms with E-state index < -0.39 is 23.1 Å². The summed E-state index contributed by atoms with van der Waals surface area (Å²) in [6.45, 7) is 2.22. The van der Waals surface area contributed by atoms with Crippen LogP contribution in [-0.4, -0.2) is 5.16 Å². The van der Waals surface area contributed by atoms with Crippen LogP contribution in [0, 0.1) is 23.4 Å². The van der Waals surface area contributed by atoms with Crippen LogP contribution in [0.2, 0.25) is 0 Å². The van der Waals surface area contributed by atoms with Gasteiger partial charge in [0.15, 0.2) is 11.6 Å². The second kappa shape index (κ2) is 9.17. The third-order valence-electron chi connectivity index (χ3n) is 6.02. The lowest BCUT2D eigenvalue weighted by molar-refractivity contribution is 0.423. The molecule has 0 saturated heterocycles. The Labute approximate surface area is 185 Å². The molecular formula is C26H22F3NS. The quantitative estimate of drug-likeness (QED) is 0.290. The van der Waals surface area contributed by atoms with Gasteiger partial charge in [-0.05, 0) is 83.4 Å². The SMILES string of the molecule is CCCC1CCc2cc(-c3ccc(-c4cc(F)c(N=C=S)c(F)c4)c(F)c3)ccc2C1. The fraction of sp³-hybridized carbons (Fsp3) is 0.269. The van der Waals surface area contributed by atoms with E-state index in [0.717, 1.165) is 42.0 Å². The molecule has 0 bridgehead atoms. The molecule has 3 aromatic rings. The molecule has 0 radical (unpaired) electrons. The van der Waals surface area contributed by atoms with Crippen molar-refractivity contribution in [1.82, 2.24) is 0 Å². The van der Waals surface area contributed by atoms with Crippen molar-refractivity contribution < 1.29 is 13.2 Å². The van der Waals surface area contributed by atoms with Gasteiger partial charge in [0, 0.05) is 5.56 Å². The van der Waals surface area contributed by atoms with Crippen LogP contribution in [0.4, 0.5) is 18.9 Å². The predicted molar refractivity (Wildman–Crippen MR) is 122 cm³/mol. The summed E-state index contributed by atoms with van der Waals surface area (Å²) in [5.74, 6) is -1.61. The molecule has 1 aliphatic carbocycles. The van der Waals surface area contributed by atoms with Gasteiger partial charge in [-0.15, -0.1) is 0 Å². The van der Waals surface area contributed by atoms with Crippen LogP contribution in [0.1, 0.15) is 37.3 Å². The highest BCUT2D eigenvalue weighted by Gasteiger charge is 2.19. The zero-order chi connectivity index (χ0) is 22.0. The minimum atomic E-state index is -0.910. The van der Waals surface area contributed by atoms with Gasteiger partial charge >= 0.3 is 0 Å². The number of hydrogen-bond donors (Lipinski definition) is 0. The summed E-state index contributed by atoms with van der Waals surface area (Å²) in [5.41, 5.74) is 4.10. The highest BCUT2D eigenvalue weighted by Crippen LogP contribution is 2.35. The second-order valence-electron chi connectivity index (χ2n) is 8.07. The number of benzene rings is 3. The molecule has 1 atom stereocenters. The molecule has 0 saturated carbocycles. The van der Waals surface area contributed by atoms with Crippen molar-refractivity contribution >= 4 is 23.1 Å². The molecule has 158 valence electrons. The van der Waals surface area contributed by atoms with Crippen LogP contribution in [0.3, 0.4) is 0 Å². The van der Waals surface area contributed by atoms with E-state index in [1.807, 2.05) is 11.2 Å². The summed E-state index contributed by atoms with van der Waals surface area (Å²) >= 11 is 4.41. The van der Waals surface area contributed by atoms with E-state index in [9.17, 15) is 13.2 Å². The predicted octanol–water partition coefficient (Wildman–Crippen LogP) is 8.08. The highest BCUT2D eigenvalue weighted by atomic mass is 32.1. The molecule has 1 aliphatic rings. The number of isothiocyanates is 1. The van der Waals surface area contributed by atoms with Gasteiger partial charge in [-0.1, -0.05) is 50.1 Å². The van der Waals surface area contributed by atoms with Crippen LogP contribution in [0.15, 0.2) is 53.5 Å². The lowest BCUT2D eigenvalue weighted by atomic mass is 9.81. The van der Waals surface area contributed by atoms with E-state index in [-0.39, 0.29) is 11.1 Å². The third kappa shape index (κ3) is 4.48. The number of aliphatic imine (C=N–C) groups is 1. The Balaban J connectivity index is 1.64. The molecule has 0 aromatic heterocycles. The summed E-state index contributed by atoms with van der Waals surface area (Å²) in [5, 5.41) is 1.95. The minimum absolute atomic E-state index is 0.106. The van der Waals surface area contributed by atoms with Crippen molar-refractivity contribution in [3.8, 4) is 22.3 Å². The normalized spacial score (nSPS) is 15.3. The van der Waals surface area contributed by atoms with Gasteiger partial charge in [0.25, 0.3) is 0 Å². The first-order chi connectivity index (χ1) is 15.0. The number of halogens is 3. The van der Waals surface area contributed by atoms with E-state index >= 15 is 0 Å². The smallest absolute Gasteiger partial charge is 0.153 e. The van der Waals surface area contributed by atoms with Crippen molar-refractivity contribution in [2.75, 3.05) is 0 Å². The number of fused-ring (bicyclic) bond motifs is 1. The van der Waals surface area contributed by atoms with Gasteiger partial charge in [0.05, 0.1) is 5.16 Å². The molecule has 1 nitrogen and oxygen atoms in total.